The average molecular weight is 261 g/mol. The highest BCUT2D eigenvalue weighted by Crippen LogP contribution is 2.47. The molecule has 0 saturated heterocycles. The van der Waals surface area contributed by atoms with Crippen molar-refractivity contribution in [1.82, 2.24) is 10.6 Å². The maximum atomic E-state index is 12.9. The van der Waals surface area contributed by atoms with Crippen molar-refractivity contribution in [3.8, 4) is 0 Å². The zero-order chi connectivity index (χ0) is 13.1. The van der Waals surface area contributed by atoms with Crippen molar-refractivity contribution in [3.63, 3.8) is 0 Å². The molecule has 1 aliphatic carbocycles. The molecule has 1 aromatic rings. The second-order valence-corrected chi connectivity index (χ2v) is 5.67. The highest BCUT2D eigenvalue weighted by molar-refractivity contribution is 5.80. The number of halogens is 1. The maximum absolute atomic E-state index is 12.9. The van der Waals surface area contributed by atoms with Crippen LogP contribution >= 0.6 is 0 Å². The van der Waals surface area contributed by atoms with Gasteiger partial charge in [0, 0.05) is 19.6 Å². The summed E-state index contributed by atoms with van der Waals surface area (Å²) >= 11 is 0. The SMILES string of the molecule is Fc1ccc(CC2(CNC3=NCCCN3)CC2)cc1. The predicted octanol–water partition coefficient (Wildman–Crippen LogP) is 2.09. The van der Waals surface area contributed by atoms with E-state index in [1.54, 1.807) is 12.1 Å². The molecule has 1 heterocycles. The Morgan fingerprint density at radius 2 is 2.05 bits per heavy atom. The summed E-state index contributed by atoms with van der Waals surface area (Å²) in [5.41, 5.74) is 1.57. The molecule has 2 N–H and O–H groups in total. The van der Waals surface area contributed by atoms with Crippen molar-refractivity contribution < 1.29 is 4.39 Å². The number of guanidine groups is 1. The van der Waals surface area contributed by atoms with E-state index < -0.39 is 0 Å². The van der Waals surface area contributed by atoms with Crippen LogP contribution in [0.1, 0.15) is 24.8 Å². The first kappa shape index (κ1) is 12.5. The molecule has 0 amide bonds. The minimum atomic E-state index is -0.160. The molecule has 1 aromatic carbocycles. The largest absolute Gasteiger partial charge is 0.356 e. The van der Waals surface area contributed by atoms with Crippen molar-refractivity contribution in [1.29, 1.82) is 0 Å². The van der Waals surface area contributed by atoms with Gasteiger partial charge in [0.2, 0.25) is 0 Å². The summed E-state index contributed by atoms with van der Waals surface area (Å²) in [6.45, 7) is 2.88. The fourth-order valence-electron chi connectivity index (χ4n) is 2.55. The molecule has 0 atom stereocenters. The summed E-state index contributed by atoms with van der Waals surface area (Å²) in [5, 5.41) is 6.70. The number of hydrogen-bond donors (Lipinski definition) is 2. The molecular weight excluding hydrogens is 241 g/mol. The fourth-order valence-corrected chi connectivity index (χ4v) is 2.55. The molecule has 3 nitrogen and oxygen atoms in total. The third kappa shape index (κ3) is 3.25. The van der Waals surface area contributed by atoms with Gasteiger partial charge in [-0.1, -0.05) is 12.1 Å². The molecule has 0 radical (unpaired) electrons. The van der Waals surface area contributed by atoms with E-state index in [9.17, 15) is 4.39 Å². The summed E-state index contributed by atoms with van der Waals surface area (Å²) in [7, 11) is 0. The second kappa shape index (κ2) is 5.19. The number of aliphatic imine (C=N–C) groups is 1. The van der Waals surface area contributed by atoms with Crippen LogP contribution in [0.5, 0.6) is 0 Å². The second-order valence-electron chi connectivity index (χ2n) is 5.67. The molecule has 1 saturated carbocycles. The van der Waals surface area contributed by atoms with Crippen molar-refractivity contribution in [2.24, 2.45) is 10.4 Å². The molecule has 1 aliphatic heterocycles. The monoisotopic (exact) mass is 261 g/mol. The molecular formula is C15H20FN3. The normalized spacial score (nSPS) is 20.4. The number of nitrogens with zero attached hydrogens (tertiary/aromatic N) is 1. The van der Waals surface area contributed by atoms with Crippen LogP contribution in [0.4, 0.5) is 4.39 Å². The molecule has 0 aromatic heterocycles. The maximum Gasteiger partial charge on any atom is 0.191 e. The van der Waals surface area contributed by atoms with Crippen LogP contribution in [0.3, 0.4) is 0 Å². The topological polar surface area (TPSA) is 36.4 Å². The highest BCUT2D eigenvalue weighted by Gasteiger charge is 2.42. The summed E-state index contributed by atoms with van der Waals surface area (Å²) in [6.07, 6.45) is 4.62. The molecule has 3 rings (SSSR count). The average Bonchev–Trinajstić information content (AvgIpc) is 3.21. The van der Waals surface area contributed by atoms with Crippen molar-refractivity contribution in [2.75, 3.05) is 19.6 Å². The van der Waals surface area contributed by atoms with Gasteiger partial charge in [0.25, 0.3) is 0 Å². The van der Waals surface area contributed by atoms with Gasteiger partial charge in [-0.05, 0) is 48.8 Å². The molecule has 19 heavy (non-hydrogen) atoms. The summed E-state index contributed by atoms with van der Waals surface area (Å²) < 4.78 is 12.9. The van der Waals surface area contributed by atoms with Crippen LogP contribution in [-0.2, 0) is 6.42 Å². The van der Waals surface area contributed by atoms with E-state index in [2.05, 4.69) is 15.6 Å². The zero-order valence-electron chi connectivity index (χ0n) is 11.1. The van der Waals surface area contributed by atoms with E-state index in [1.807, 2.05) is 12.1 Å². The first-order valence-corrected chi connectivity index (χ1v) is 7.03. The summed E-state index contributed by atoms with van der Waals surface area (Å²) in [5.74, 6) is 0.782. The van der Waals surface area contributed by atoms with Crippen LogP contribution in [0.15, 0.2) is 29.3 Å². The zero-order valence-corrected chi connectivity index (χ0v) is 11.1. The third-order valence-corrected chi connectivity index (χ3v) is 3.98. The summed E-state index contributed by atoms with van der Waals surface area (Å²) in [6, 6.07) is 6.88. The Balaban J connectivity index is 1.55. The van der Waals surface area contributed by atoms with Gasteiger partial charge in [-0.3, -0.25) is 4.99 Å². The molecule has 1 fully saturated rings. The highest BCUT2D eigenvalue weighted by atomic mass is 19.1. The Bertz CT molecular complexity index is 463. The van der Waals surface area contributed by atoms with Gasteiger partial charge in [-0.15, -0.1) is 0 Å². The first-order valence-electron chi connectivity index (χ1n) is 7.03. The van der Waals surface area contributed by atoms with E-state index in [-0.39, 0.29) is 5.82 Å². The van der Waals surface area contributed by atoms with Gasteiger partial charge in [0.15, 0.2) is 5.96 Å². The van der Waals surface area contributed by atoms with Gasteiger partial charge in [0.05, 0.1) is 0 Å². The molecule has 0 bridgehead atoms. The molecule has 2 aliphatic rings. The van der Waals surface area contributed by atoms with E-state index >= 15 is 0 Å². The van der Waals surface area contributed by atoms with Gasteiger partial charge in [-0.25, -0.2) is 4.39 Å². The Hall–Kier alpha value is -1.58. The number of rotatable bonds is 4. The lowest BCUT2D eigenvalue weighted by atomic mass is 9.96. The lowest BCUT2D eigenvalue weighted by Crippen LogP contribution is -2.43. The molecule has 0 spiro atoms. The minimum Gasteiger partial charge on any atom is -0.356 e. The third-order valence-electron chi connectivity index (χ3n) is 3.98. The standard InChI is InChI=1S/C15H20FN3/c16-13-4-2-12(3-5-13)10-15(6-7-15)11-19-14-17-8-1-9-18-14/h2-5H,1,6-11H2,(H2,17,18,19). The Kier molecular flexibility index (Phi) is 3.40. The minimum absolute atomic E-state index is 0.160. The van der Waals surface area contributed by atoms with Gasteiger partial charge < -0.3 is 10.6 Å². The lowest BCUT2D eigenvalue weighted by Gasteiger charge is -2.20. The lowest BCUT2D eigenvalue weighted by molar-refractivity contribution is 0.489. The predicted molar refractivity (Wildman–Crippen MR) is 74.7 cm³/mol. The van der Waals surface area contributed by atoms with Crippen LogP contribution in [0.2, 0.25) is 0 Å². The van der Waals surface area contributed by atoms with Crippen molar-refractivity contribution >= 4 is 5.96 Å². The van der Waals surface area contributed by atoms with E-state index in [0.29, 0.717) is 5.41 Å². The quantitative estimate of drug-likeness (QED) is 0.870. The van der Waals surface area contributed by atoms with Crippen molar-refractivity contribution in [2.45, 2.75) is 25.7 Å². The Labute approximate surface area is 113 Å². The molecule has 4 heteroatoms. The number of hydrogen-bond acceptors (Lipinski definition) is 3. The van der Waals surface area contributed by atoms with Crippen LogP contribution < -0.4 is 10.6 Å². The molecule has 0 unspecified atom stereocenters. The summed E-state index contributed by atoms with van der Waals surface area (Å²) in [4.78, 5) is 4.42. The number of nitrogens with one attached hydrogen (secondary N) is 2. The van der Waals surface area contributed by atoms with Crippen LogP contribution in [0, 0.1) is 11.2 Å². The van der Waals surface area contributed by atoms with Gasteiger partial charge in [0.1, 0.15) is 5.82 Å². The van der Waals surface area contributed by atoms with Crippen LogP contribution in [-0.4, -0.2) is 25.6 Å². The van der Waals surface area contributed by atoms with Gasteiger partial charge in [-0.2, -0.15) is 0 Å². The van der Waals surface area contributed by atoms with E-state index in [4.69, 9.17) is 0 Å². The van der Waals surface area contributed by atoms with E-state index in [1.165, 1.54) is 18.4 Å². The Morgan fingerprint density at radius 3 is 2.68 bits per heavy atom. The fraction of sp³-hybridized carbons (Fsp3) is 0.533. The smallest absolute Gasteiger partial charge is 0.191 e. The Morgan fingerprint density at radius 1 is 1.26 bits per heavy atom. The van der Waals surface area contributed by atoms with Gasteiger partial charge >= 0.3 is 0 Å². The van der Waals surface area contributed by atoms with Crippen molar-refractivity contribution in [3.05, 3.63) is 35.6 Å². The van der Waals surface area contributed by atoms with Crippen LogP contribution in [0.25, 0.3) is 0 Å². The van der Waals surface area contributed by atoms with E-state index in [0.717, 1.165) is 38.4 Å². The number of benzene rings is 1. The molecule has 102 valence electrons. The first-order chi connectivity index (χ1) is 9.26.